The molecule has 2 aliphatic carbocycles. The van der Waals surface area contributed by atoms with Crippen molar-refractivity contribution < 1.29 is 44.7 Å². The zero-order chi connectivity index (χ0) is 26.9. The number of nitrogens with one attached hydrogen (secondary N) is 1. The molecule has 37 heavy (non-hydrogen) atoms. The molecule has 1 N–H and O–H groups in total. The number of benzene rings is 1. The normalized spacial score (nSPS) is 24.0. The largest absolute Gasteiger partial charge is 0.433 e. The predicted molar refractivity (Wildman–Crippen MR) is 111 cm³/mol. The second-order valence-electron chi connectivity index (χ2n) is 9.61. The molecule has 3 fully saturated rings. The van der Waals surface area contributed by atoms with Gasteiger partial charge in [-0.05, 0) is 61.8 Å². The monoisotopic (exact) mass is 533 g/mol. The first-order valence-electron chi connectivity index (χ1n) is 11.5. The second kappa shape index (κ2) is 8.66. The maximum Gasteiger partial charge on any atom is 0.433 e. The molecule has 1 aromatic heterocycles. The Morgan fingerprint density at radius 1 is 0.973 bits per heavy atom. The van der Waals surface area contributed by atoms with Crippen molar-refractivity contribution in [2.45, 2.75) is 56.2 Å². The Morgan fingerprint density at radius 3 is 2.30 bits per heavy atom. The summed E-state index contributed by atoms with van der Waals surface area (Å²) in [5.41, 5.74) is -3.97. The number of nitrogens with zero attached hydrogens (tertiary/aromatic N) is 2. The van der Waals surface area contributed by atoms with Crippen LogP contribution in [-0.4, -0.2) is 33.8 Å². The molecule has 0 spiro atoms. The van der Waals surface area contributed by atoms with E-state index < -0.39 is 70.4 Å². The lowest BCUT2D eigenvalue weighted by Gasteiger charge is -2.29. The van der Waals surface area contributed by atoms with E-state index >= 15 is 0 Å². The minimum Gasteiger partial charge on any atom is -0.347 e. The fourth-order valence-electron chi connectivity index (χ4n) is 4.97. The van der Waals surface area contributed by atoms with Crippen LogP contribution in [0.4, 0.5) is 35.1 Å². The Kier molecular flexibility index (Phi) is 5.94. The third kappa shape index (κ3) is 4.87. The topological polar surface area (TPSA) is 62.3 Å². The van der Waals surface area contributed by atoms with E-state index in [0.717, 1.165) is 17.0 Å². The number of halogens is 8. The summed E-state index contributed by atoms with van der Waals surface area (Å²) < 4.78 is 107. The van der Waals surface area contributed by atoms with Gasteiger partial charge in [-0.15, -0.1) is 0 Å². The quantitative estimate of drug-likeness (QED) is 0.533. The molecule has 13 heteroatoms. The number of amides is 2. The fourth-order valence-corrected chi connectivity index (χ4v) is 4.97. The number of likely N-dealkylation sites (tertiary alicyclic amines) is 1. The van der Waals surface area contributed by atoms with Gasteiger partial charge in [-0.25, -0.2) is 13.8 Å². The lowest BCUT2D eigenvalue weighted by Crippen LogP contribution is -2.49. The minimum atomic E-state index is -5.11. The van der Waals surface area contributed by atoms with E-state index in [1.165, 1.54) is 0 Å². The highest BCUT2D eigenvalue weighted by atomic mass is 19.4. The first-order chi connectivity index (χ1) is 17.3. The third-order valence-electron chi connectivity index (χ3n) is 7.02. The number of piperidine rings is 1. The van der Waals surface area contributed by atoms with Gasteiger partial charge >= 0.3 is 12.4 Å². The average molecular weight is 533 g/mol. The molecule has 0 radical (unpaired) electrons. The molecule has 1 aliphatic heterocycles. The van der Waals surface area contributed by atoms with Gasteiger partial charge in [-0.3, -0.25) is 9.59 Å². The summed E-state index contributed by atoms with van der Waals surface area (Å²) in [5.74, 6) is -5.03. The number of aromatic nitrogens is 1. The molecule has 2 aromatic rings. The van der Waals surface area contributed by atoms with Crippen LogP contribution in [0.15, 0.2) is 30.3 Å². The number of carbonyl (C=O) groups is 2. The highest BCUT2D eigenvalue weighted by molar-refractivity contribution is 5.97. The summed E-state index contributed by atoms with van der Waals surface area (Å²) in [6, 6.07) is 0.706. The van der Waals surface area contributed by atoms with Crippen LogP contribution < -0.4 is 5.32 Å². The van der Waals surface area contributed by atoms with E-state index in [4.69, 9.17) is 0 Å². The summed E-state index contributed by atoms with van der Waals surface area (Å²) in [4.78, 5) is 30.9. The van der Waals surface area contributed by atoms with Crippen molar-refractivity contribution in [1.82, 2.24) is 15.2 Å². The lowest BCUT2D eigenvalue weighted by molar-refractivity contribution is -0.141. The number of carbonyl (C=O) groups excluding carboxylic acids is 2. The van der Waals surface area contributed by atoms with Gasteiger partial charge in [-0.2, -0.15) is 26.3 Å². The first kappa shape index (κ1) is 25.4. The van der Waals surface area contributed by atoms with Crippen molar-refractivity contribution in [2.75, 3.05) is 0 Å². The van der Waals surface area contributed by atoms with Crippen molar-refractivity contribution in [3.63, 3.8) is 0 Å². The Hall–Kier alpha value is -3.25. The van der Waals surface area contributed by atoms with Gasteiger partial charge < -0.3 is 10.2 Å². The second-order valence-corrected chi connectivity index (χ2v) is 9.61. The van der Waals surface area contributed by atoms with Gasteiger partial charge in [0.2, 0.25) is 5.91 Å². The van der Waals surface area contributed by atoms with Crippen LogP contribution >= 0.6 is 0 Å². The Balaban J connectivity index is 1.39. The summed E-state index contributed by atoms with van der Waals surface area (Å²) in [6.45, 7) is 0. The molecule has 3 aliphatic rings. The van der Waals surface area contributed by atoms with Crippen LogP contribution in [0.5, 0.6) is 0 Å². The van der Waals surface area contributed by atoms with E-state index in [1.54, 1.807) is 0 Å². The van der Waals surface area contributed by atoms with E-state index in [9.17, 15) is 44.7 Å². The Labute approximate surface area is 204 Å². The summed E-state index contributed by atoms with van der Waals surface area (Å²) in [7, 11) is 0. The van der Waals surface area contributed by atoms with Crippen molar-refractivity contribution in [3.8, 4) is 0 Å². The molecule has 1 saturated heterocycles. The molecule has 1 aromatic carbocycles. The number of hydrogen-bond acceptors (Lipinski definition) is 3. The van der Waals surface area contributed by atoms with Gasteiger partial charge in [0.05, 0.1) is 11.6 Å². The number of rotatable bonds is 5. The van der Waals surface area contributed by atoms with Crippen LogP contribution in [0.1, 0.15) is 59.0 Å². The summed E-state index contributed by atoms with van der Waals surface area (Å²) in [6.07, 6.45) is -8.09. The van der Waals surface area contributed by atoms with Crippen molar-refractivity contribution in [1.29, 1.82) is 0 Å². The first-order valence-corrected chi connectivity index (χ1v) is 11.5. The standard InChI is InChI=1S/C24H19F8N3O2/c25-14-9-13(23(27,28)29)15(26)8-12(14)20(10-4-5-10)34-21(36)18-7-11-6-17(11)35(18)22(37)16-2-1-3-19(33-16)24(30,31)32/h1-3,8-11,17-18,20H,4-7H2,(H,34,36)/t11-,17-,18-,20?/m1/s1. The molecular weight excluding hydrogens is 514 g/mol. The zero-order valence-corrected chi connectivity index (χ0v) is 18.8. The molecule has 5 rings (SSSR count). The van der Waals surface area contributed by atoms with Crippen LogP contribution in [0, 0.1) is 23.5 Å². The number of pyridine rings is 1. The molecule has 5 nitrogen and oxygen atoms in total. The van der Waals surface area contributed by atoms with Gasteiger partial charge in [0.15, 0.2) is 0 Å². The predicted octanol–water partition coefficient (Wildman–Crippen LogP) is 5.27. The van der Waals surface area contributed by atoms with Crippen LogP contribution in [0.3, 0.4) is 0 Å². The molecule has 4 atom stereocenters. The Morgan fingerprint density at radius 2 is 1.68 bits per heavy atom. The lowest BCUT2D eigenvalue weighted by atomic mass is 9.98. The van der Waals surface area contributed by atoms with Gasteiger partial charge in [-0.1, -0.05) is 6.07 Å². The molecular formula is C24H19F8N3O2. The zero-order valence-electron chi connectivity index (χ0n) is 18.8. The maximum absolute atomic E-state index is 14.7. The smallest absolute Gasteiger partial charge is 0.347 e. The molecule has 2 amide bonds. The SMILES string of the molecule is O=C(NC(c1cc(F)c(C(F)(F)F)cc1F)C1CC1)[C@H]1C[C@H]2C[C@H]2N1C(=O)c1cccc(C(F)(F)F)n1. The van der Waals surface area contributed by atoms with Crippen LogP contribution in [0.2, 0.25) is 0 Å². The van der Waals surface area contributed by atoms with E-state index in [-0.39, 0.29) is 30.4 Å². The summed E-state index contributed by atoms with van der Waals surface area (Å²) >= 11 is 0. The third-order valence-corrected chi connectivity index (χ3v) is 7.02. The Bertz CT molecular complexity index is 1260. The van der Waals surface area contributed by atoms with Crippen LogP contribution in [-0.2, 0) is 17.1 Å². The number of alkyl halides is 6. The van der Waals surface area contributed by atoms with Gasteiger partial charge in [0.1, 0.15) is 29.1 Å². The molecule has 2 heterocycles. The van der Waals surface area contributed by atoms with Gasteiger partial charge in [0.25, 0.3) is 5.91 Å². The highest BCUT2D eigenvalue weighted by Gasteiger charge is 2.57. The highest BCUT2D eigenvalue weighted by Crippen LogP contribution is 2.49. The van der Waals surface area contributed by atoms with E-state index in [2.05, 4.69) is 10.3 Å². The minimum absolute atomic E-state index is 0.0477. The van der Waals surface area contributed by atoms with Gasteiger partial charge in [0, 0.05) is 11.6 Å². The fraction of sp³-hybridized carbons (Fsp3) is 0.458. The molecule has 1 unspecified atom stereocenters. The number of hydrogen-bond donors (Lipinski definition) is 1. The average Bonchev–Trinajstić information content (AvgIpc) is 3.75. The van der Waals surface area contributed by atoms with E-state index in [0.29, 0.717) is 31.4 Å². The number of fused-ring (bicyclic) bond motifs is 1. The van der Waals surface area contributed by atoms with Crippen molar-refractivity contribution in [3.05, 3.63) is 64.5 Å². The van der Waals surface area contributed by atoms with E-state index in [1.807, 2.05) is 0 Å². The molecule has 2 saturated carbocycles. The molecule has 0 bridgehead atoms. The van der Waals surface area contributed by atoms with Crippen molar-refractivity contribution >= 4 is 11.8 Å². The molecule has 198 valence electrons. The maximum atomic E-state index is 14.7. The van der Waals surface area contributed by atoms with Crippen molar-refractivity contribution in [2.24, 2.45) is 11.8 Å². The summed E-state index contributed by atoms with van der Waals surface area (Å²) in [5, 5.41) is 2.56. The van der Waals surface area contributed by atoms with Crippen LogP contribution in [0.25, 0.3) is 0 Å².